The van der Waals surface area contributed by atoms with E-state index in [1.807, 2.05) is 13.0 Å². The molecule has 80 valence electrons. The van der Waals surface area contributed by atoms with Crippen molar-refractivity contribution < 1.29 is 4.74 Å². The molecule has 15 heavy (non-hydrogen) atoms. The highest BCUT2D eigenvalue weighted by Gasteiger charge is 1.99. The molecule has 0 saturated carbocycles. The standard InChI is InChI=1S/C11H15N3O/c1-2-15-6-5-14-11-4-3-9(8-12)7-10(11)13/h3-4,7,14H,2,5-6,13H2,1H3. The van der Waals surface area contributed by atoms with Crippen LogP contribution >= 0.6 is 0 Å². The van der Waals surface area contributed by atoms with Crippen molar-refractivity contribution in [1.82, 2.24) is 0 Å². The molecule has 1 aromatic rings. The van der Waals surface area contributed by atoms with E-state index in [4.69, 9.17) is 15.7 Å². The fourth-order valence-electron chi connectivity index (χ4n) is 1.20. The van der Waals surface area contributed by atoms with Crippen molar-refractivity contribution in [2.24, 2.45) is 0 Å². The van der Waals surface area contributed by atoms with Crippen molar-refractivity contribution in [3.05, 3.63) is 23.8 Å². The highest BCUT2D eigenvalue weighted by atomic mass is 16.5. The number of ether oxygens (including phenoxy) is 1. The zero-order valence-electron chi connectivity index (χ0n) is 8.79. The van der Waals surface area contributed by atoms with Crippen molar-refractivity contribution in [3.8, 4) is 6.07 Å². The Balaban J connectivity index is 2.52. The topological polar surface area (TPSA) is 71.1 Å². The van der Waals surface area contributed by atoms with Crippen LogP contribution in [0.1, 0.15) is 12.5 Å². The van der Waals surface area contributed by atoms with Crippen molar-refractivity contribution in [2.45, 2.75) is 6.92 Å². The van der Waals surface area contributed by atoms with Crippen LogP contribution in [0.4, 0.5) is 11.4 Å². The average Bonchev–Trinajstić information content (AvgIpc) is 2.26. The summed E-state index contributed by atoms with van der Waals surface area (Å²) in [6, 6.07) is 7.24. The van der Waals surface area contributed by atoms with E-state index in [2.05, 4.69) is 5.32 Å². The molecule has 0 amide bonds. The lowest BCUT2D eigenvalue weighted by Gasteiger charge is -2.09. The minimum atomic E-state index is 0.572. The smallest absolute Gasteiger partial charge is 0.0992 e. The van der Waals surface area contributed by atoms with Gasteiger partial charge in [0, 0.05) is 13.2 Å². The fraction of sp³-hybridized carbons (Fsp3) is 0.364. The molecule has 0 atom stereocenters. The van der Waals surface area contributed by atoms with E-state index in [1.54, 1.807) is 18.2 Å². The third kappa shape index (κ3) is 3.49. The van der Waals surface area contributed by atoms with Gasteiger partial charge in [-0.2, -0.15) is 5.26 Å². The number of nitrogens with zero attached hydrogens (tertiary/aromatic N) is 1. The Kier molecular flexibility index (Phi) is 4.45. The largest absolute Gasteiger partial charge is 0.397 e. The molecular formula is C11H15N3O. The lowest BCUT2D eigenvalue weighted by atomic mass is 10.2. The lowest BCUT2D eigenvalue weighted by molar-refractivity contribution is 0.158. The van der Waals surface area contributed by atoms with Crippen LogP contribution < -0.4 is 11.1 Å². The Bertz CT molecular complexity index is 357. The maximum atomic E-state index is 8.65. The second kappa shape index (κ2) is 5.89. The second-order valence-electron chi connectivity index (χ2n) is 3.04. The summed E-state index contributed by atoms with van der Waals surface area (Å²) in [6.07, 6.45) is 0. The van der Waals surface area contributed by atoms with E-state index in [1.165, 1.54) is 0 Å². The Morgan fingerprint density at radius 3 is 2.93 bits per heavy atom. The average molecular weight is 205 g/mol. The molecule has 4 nitrogen and oxygen atoms in total. The van der Waals surface area contributed by atoms with E-state index in [-0.39, 0.29) is 0 Å². The second-order valence-corrected chi connectivity index (χ2v) is 3.04. The van der Waals surface area contributed by atoms with Crippen LogP contribution in [0.3, 0.4) is 0 Å². The number of benzene rings is 1. The Labute approximate surface area is 89.7 Å². The number of nitrogens with one attached hydrogen (secondary N) is 1. The van der Waals surface area contributed by atoms with Crippen molar-refractivity contribution >= 4 is 11.4 Å². The fourth-order valence-corrected chi connectivity index (χ4v) is 1.20. The summed E-state index contributed by atoms with van der Waals surface area (Å²) in [5.41, 5.74) is 7.76. The quantitative estimate of drug-likeness (QED) is 0.565. The molecule has 0 unspecified atom stereocenters. The third-order valence-electron chi connectivity index (χ3n) is 1.95. The van der Waals surface area contributed by atoms with Gasteiger partial charge in [-0.15, -0.1) is 0 Å². The van der Waals surface area contributed by atoms with Gasteiger partial charge < -0.3 is 15.8 Å². The summed E-state index contributed by atoms with van der Waals surface area (Å²) in [5.74, 6) is 0. The lowest BCUT2D eigenvalue weighted by Crippen LogP contribution is -2.10. The van der Waals surface area contributed by atoms with Gasteiger partial charge in [0.25, 0.3) is 0 Å². The molecule has 3 N–H and O–H groups in total. The summed E-state index contributed by atoms with van der Waals surface area (Å²) in [5, 5.41) is 11.8. The summed E-state index contributed by atoms with van der Waals surface area (Å²) in [7, 11) is 0. The molecule has 0 aromatic heterocycles. The van der Waals surface area contributed by atoms with Gasteiger partial charge in [0.1, 0.15) is 0 Å². The minimum absolute atomic E-state index is 0.572. The van der Waals surface area contributed by atoms with Crippen molar-refractivity contribution in [2.75, 3.05) is 30.8 Å². The van der Waals surface area contributed by atoms with Crippen molar-refractivity contribution in [3.63, 3.8) is 0 Å². The molecule has 0 aliphatic heterocycles. The van der Waals surface area contributed by atoms with Gasteiger partial charge in [0.05, 0.1) is 29.6 Å². The molecule has 0 saturated heterocycles. The Hall–Kier alpha value is -1.73. The number of hydrogen-bond donors (Lipinski definition) is 2. The van der Waals surface area contributed by atoms with Crippen LogP contribution in [0, 0.1) is 11.3 Å². The van der Waals surface area contributed by atoms with Crippen LogP contribution in [0.5, 0.6) is 0 Å². The SMILES string of the molecule is CCOCCNc1ccc(C#N)cc1N. The van der Waals surface area contributed by atoms with Gasteiger partial charge >= 0.3 is 0 Å². The van der Waals surface area contributed by atoms with Crippen LogP contribution in [0.25, 0.3) is 0 Å². The van der Waals surface area contributed by atoms with Gasteiger partial charge in [-0.25, -0.2) is 0 Å². The summed E-state index contributed by atoms with van der Waals surface area (Å²) >= 11 is 0. The number of nitrogen functional groups attached to an aromatic ring is 1. The van der Waals surface area contributed by atoms with Gasteiger partial charge in [-0.05, 0) is 25.1 Å². The normalized spacial score (nSPS) is 9.60. The zero-order chi connectivity index (χ0) is 11.1. The first kappa shape index (κ1) is 11.3. The van der Waals surface area contributed by atoms with Gasteiger partial charge in [-0.1, -0.05) is 0 Å². The van der Waals surface area contributed by atoms with E-state index in [0.29, 0.717) is 31.0 Å². The minimum Gasteiger partial charge on any atom is -0.397 e. The summed E-state index contributed by atoms with van der Waals surface area (Å²) in [4.78, 5) is 0. The molecule has 1 aromatic carbocycles. The predicted octanol–water partition coefficient (Wildman–Crippen LogP) is 1.59. The monoisotopic (exact) mass is 205 g/mol. The molecule has 0 spiro atoms. The number of nitrogens with two attached hydrogens (primary N) is 1. The number of rotatable bonds is 5. The molecule has 0 fully saturated rings. The van der Waals surface area contributed by atoms with Gasteiger partial charge in [-0.3, -0.25) is 0 Å². The highest BCUT2D eigenvalue weighted by molar-refractivity contribution is 5.68. The number of anilines is 2. The van der Waals surface area contributed by atoms with Crippen LogP contribution in [0.15, 0.2) is 18.2 Å². The molecule has 0 bridgehead atoms. The van der Waals surface area contributed by atoms with E-state index in [9.17, 15) is 0 Å². The first-order chi connectivity index (χ1) is 7.27. The maximum absolute atomic E-state index is 8.65. The predicted molar refractivity (Wildman–Crippen MR) is 60.6 cm³/mol. The van der Waals surface area contributed by atoms with Crippen molar-refractivity contribution in [1.29, 1.82) is 5.26 Å². The zero-order valence-corrected chi connectivity index (χ0v) is 8.79. The van der Waals surface area contributed by atoms with E-state index >= 15 is 0 Å². The van der Waals surface area contributed by atoms with E-state index < -0.39 is 0 Å². The molecule has 1 rings (SSSR count). The Morgan fingerprint density at radius 2 is 2.33 bits per heavy atom. The van der Waals surface area contributed by atoms with E-state index in [0.717, 1.165) is 5.69 Å². The Morgan fingerprint density at radius 1 is 1.53 bits per heavy atom. The van der Waals surface area contributed by atoms with Crippen LogP contribution in [-0.4, -0.2) is 19.8 Å². The van der Waals surface area contributed by atoms with Gasteiger partial charge in [0.15, 0.2) is 0 Å². The maximum Gasteiger partial charge on any atom is 0.0992 e. The van der Waals surface area contributed by atoms with Crippen LogP contribution in [-0.2, 0) is 4.74 Å². The molecule has 0 aliphatic carbocycles. The molecule has 0 heterocycles. The molecule has 0 aliphatic rings. The van der Waals surface area contributed by atoms with Crippen LogP contribution in [0.2, 0.25) is 0 Å². The van der Waals surface area contributed by atoms with Gasteiger partial charge in [0.2, 0.25) is 0 Å². The number of nitriles is 1. The summed E-state index contributed by atoms with van der Waals surface area (Å²) < 4.78 is 5.18. The third-order valence-corrected chi connectivity index (χ3v) is 1.95. The first-order valence-electron chi connectivity index (χ1n) is 4.89. The highest BCUT2D eigenvalue weighted by Crippen LogP contribution is 2.18. The molecular weight excluding hydrogens is 190 g/mol. The first-order valence-corrected chi connectivity index (χ1v) is 4.89. The number of hydrogen-bond acceptors (Lipinski definition) is 4. The molecule has 0 radical (unpaired) electrons. The summed E-state index contributed by atoms with van der Waals surface area (Å²) in [6.45, 7) is 4.03. The molecule has 4 heteroatoms.